The smallest absolute Gasteiger partial charge is 0.137 e. The number of hydrogen-bond acceptors (Lipinski definition) is 2. The molecule has 2 aromatic rings. The van der Waals surface area contributed by atoms with Crippen molar-refractivity contribution >= 4 is 11.8 Å². The van der Waals surface area contributed by atoms with Crippen LogP contribution in [0.3, 0.4) is 0 Å². The van der Waals surface area contributed by atoms with Gasteiger partial charge >= 0.3 is 0 Å². The van der Waals surface area contributed by atoms with Crippen molar-refractivity contribution in [1.29, 1.82) is 0 Å². The molecule has 0 aliphatic heterocycles. The number of nitrogens with two attached hydrogens (primary N) is 1. The summed E-state index contributed by atoms with van der Waals surface area (Å²) in [5.74, 6) is -0.842. The Kier molecular flexibility index (Phi) is 4.33. The van der Waals surface area contributed by atoms with Gasteiger partial charge in [0.05, 0.1) is 4.90 Å². The van der Waals surface area contributed by atoms with Gasteiger partial charge in [0.1, 0.15) is 11.6 Å². The highest BCUT2D eigenvalue weighted by Crippen LogP contribution is 2.30. The van der Waals surface area contributed by atoms with Crippen LogP contribution in [-0.4, -0.2) is 6.54 Å². The molecule has 0 fully saturated rings. The maximum Gasteiger partial charge on any atom is 0.137 e. The summed E-state index contributed by atoms with van der Waals surface area (Å²) in [5, 5.41) is 0. The average molecular weight is 265 g/mol. The van der Waals surface area contributed by atoms with Gasteiger partial charge in [0, 0.05) is 4.90 Å². The van der Waals surface area contributed by atoms with E-state index in [4.69, 9.17) is 5.73 Å². The first-order chi connectivity index (χ1) is 8.69. The number of benzene rings is 2. The Hall–Kier alpha value is -1.39. The fourth-order valence-electron chi connectivity index (χ4n) is 1.57. The van der Waals surface area contributed by atoms with Gasteiger partial charge in [-0.1, -0.05) is 23.9 Å². The Morgan fingerprint density at radius 1 is 1.00 bits per heavy atom. The van der Waals surface area contributed by atoms with E-state index < -0.39 is 11.6 Å². The van der Waals surface area contributed by atoms with Gasteiger partial charge in [0.15, 0.2) is 0 Å². The highest BCUT2D eigenvalue weighted by atomic mass is 32.2. The molecule has 0 aromatic heterocycles. The zero-order valence-electron chi connectivity index (χ0n) is 9.70. The Balaban J connectivity index is 2.15. The fourth-order valence-corrected chi connectivity index (χ4v) is 2.44. The van der Waals surface area contributed by atoms with Crippen molar-refractivity contribution in [3.05, 3.63) is 59.7 Å². The Bertz CT molecular complexity index is 526. The van der Waals surface area contributed by atoms with Crippen molar-refractivity contribution in [1.82, 2.24) is 0 Å². The normalized spacial score (nSPS) is 10.6. The van der Waals surface area contributed by atoms with E-state index in [1.807, 2.05) is 24.3 Å². The molecule has 0 aliphatic rings. The van der Waals surface area contributed by atoms with Gasteiger partial charge in [-0.3, -0.25) is 0 Å². The lowest BCUT2D eigenvalue weighted by Gasteiger charge is -2.05. The van der Waals surface area contributed by atoms with Crippen LogP contribution in [0.1, 0.15) is 5.56 Å². The predicted molar refractivity (Wildman–Crippen MR) is 69.7 cm³/mol. The van der Waals surface area contributed by atoms with Crippen LogP contribution in [0.4, 0.5) is 8.78 Å². The summed E-state index contributed by atoms with van der Waals surface area (Å²) < 4.78 is 26.5. The van der Waals surface area contributed by atoms with Gasteiger partial charge in [-0.25, -0.2) is 8.78 Å². The molecule has 0 radical (unpaired) electrons. The Morgan fingerprint density at radius 2 is 1.72 bits per heavy atom. The van der Waals surface area contributed by atoms with Gasteiger partial charge in [-0.2, -0.15) is 0 Å². The molecule has 0 spiro atoms. The van der Waals surface area contributed by atoms with Crippen LogP contribution in [0.5, 0.6) is 0 Å². The minimum Gasteiger partial charge on any atom is -0.330 e. The van der Waals surface area contributed by atoms with Crippen molar-refractivity contribution in [2.45, 2.75) is 16.2 Å². The van der Waals surface area contributed by atoms with Gasteiger partial charge in [-0.05, 0) is 48.9 Å². The van der Waals surface area contributed by atoms with Crippen LogP contribution in [0, 0.1) is 11.6 Å². The molecule has 18 heavy (non-hydrogen) atoms. The lowest BCUT2D eigenvalue weighted by molar-refractivity contribution is 0.577. The van der Waals surface area contributed by atoms with E-state index in [2.05, 4.69) is 0 Å². The first kappa shape index (κ1) is 13.1. The van der Waals surface area contributed by atoms with Gasteiger partial charge in [-0.15, -0.1) is 0 Å². The summed E-state index contributed by atoms with van der Waals surface area (Å²) in [7, 11) is 0. The second kappa shape index (κ2) is 5.98. The first-order valence-electron chi connectivity index (χ1n) is 5.61. The topological polar surface area (TPSA) is 26.0 Å². The molecule has 0 atom stereocenters. The molecule has 0 amide bonds. The number of hydrogen-bond donors (Lipinski definition) is 1. The van der Waals surface area contributed by atoms with Gasteiger partial charge < -0.3 is 5.73 Å². The molecule has 2 aromatic carbocycles. The van der Waals surface area contributed by atoms with E-state index in [0.29, 0.717) is 11.4 Å². The van der Waals surface area contributed by atoms with E-state index >= 15 is 0 Å². The standard InChI is InChI=1S/C14H13F2NS/c15-11-3-6-13(16)14(9-11)18-12-4-1-10(2-5-12)7-8-17/h1-6,9H,7-8,17H2. The van der Waals surface area contributed by atoms with Crippen LogP contribution in [0.15, 0.2) is 52.3 Å². The average Bonchev–Trinajstić information content (AvgIpc) is 2.37. The summed E-state index contributed by atoms with van der Waals surface area (Å²) in [5.41, 5.74) is 6.60. The van der Waals surface area contributed by atoms with Crippen molar-refractivity contribution in [3.8, 4) is 0 Å². The maximum atomic E-state index is 13.5. The van der Waals surface area contributed by atoms with Crippen LogP contribution < -0.4 is 5.73 Å². The number of rotatable bonds is 4. The quantitative estimate of drug-likeness (QED) is 0.913. The maximum absolute atomic E-state index is 13.5. The fraction of sp³-hybridized carbons (Fsp3) is 0.143. The first-order valence-corrected chi connectivity index (χ1v) is 6.42. The molecule has 0 unspecified atom stereocenters. The van der Waals surface area contributed by atoms with E-state index in [9.17, 15) is 8.78 Å². The van der Waals surface area contributed by atoms with Crippen LogP contribution >= 0.6 is 11.8 Å². The molecule has 1 nitrogen and oxygen atoms in total. The van der Waals surface area contributed by atoms with Crippen LogP contribution in [0.2, 0.25) is 0 Å². The monoisotopic (exact) mass is 265 g/mol. The predicted octanol–water partition coefficient (Wildman–Crippen LogP) is 3.62. The largest absolute Gasteiger partial charge is 0.330 e. The van der Waals surface area contributed by atoms with Crippen LogP contribution in [0.25, 0.3) is 0 Å². The molecule has 0 bridgehead atoms. The molecular weight excluding hydrogens is 252 g/mol. The van der Waals surface area contributed by atoms with Crippen molar-refractivity contribution in [2.24, 2.45) is 5.73 Å². The minimum absolute atomic E-state index is 0.293. The lowest BCUT2D eigenvalue weighted by atomic mass is 10.2. The molecule has 0 aliphatic carbocycles. The van der Waals surface area contributed by atoms with E-state index in [0.717, 1.165) is 29.0 Å². The van der Waals surface area contributed by atoms with Crippen LogP contribution in [-0.2, 0) is 6.42 Å². The molecule has 2 rings (SSSR count). The van der Waals surface area contributed by atoms with E-state index in [1.54, 1.807) is 0 Å². The highest BCUT2D eigenvalue weighted by Gasteiger charge is 2.05. The van der Waals surface area contributed by atoms with E-state index in [1.165, 1.54) is 17.8 Å². The second-order valence-electron chi connectivity index (χ2n) is 3.86. The lowest BCUT2D eigenvalue weighted by Crippen LogP contribution is -2.02. The molecule has 94 valence electrons. The van der Waals surface area contributed by atoms with Crippen molar-refractivity contribution < 1.29 is 8.78 Å². The highest BCUT2D eigenvalue weighted by molar-refractivity contribution is 7.99. The van der Waals surface area contributed by atoms with Gasteiger partial charge in [0.25, 0.3) is 0 Å². The molecule has 0 heterocycles. The van der Waals surface area contributed by atoms with E-state index in [-0.39, 0.29) is 0 Å². The molecule has 4 heteroatoms. The minimum atomic E-state index is -0.432. The molecular formula is C14H13F2NS. The summed E-state index contributed by atoms with van der Waals surface area (Å²) in [6, 6.07) is 11.1. The summed E-state index contributed by atoms with van der Waals surface area (Å²) in [6.45, 7) is 0.602. The summed E-state index contributed by atoms with van der Waals surface area (Å²) in [4.78, 5) is 1.17. The zero-order chi connectivity index (χ0) is 13.0. The molecule has 0 saturated heterocycles. The summed E-state index contributed by atoms with van der Waals surface area (Å²) >= 11 is 1.21. The molecule has 0 saturated carbocycles. The summed E-state index contributed by atoms with van der Waals surface area (Å²) in [6.07, 6.45) is 0.819. The third kappa shape index (κ3) is 3.31. The third-order valence-corrected chi connectivity index (χ3v) is 3.52. The SMILES string of the molecule is NCCc1ccc(Sc2cc(F)ccc2F)cc1. The Morgan fingerprint density at radius 3 is 2.39 bits per heavy atom. The molecule has 2 N–H and O–H groups in total. The van der Waals surface area contributed by atoms with Gasteiger partial charge in [0.2, 0.25) is 0 Å². The Labute approximate surface area is 109 Å². The number of halogens is 2. The van der Waals surface area contributed by atoms with Crippen molar-refractivity contribution in [3.63, 3.8) is 0 Å². The van der Waals surface area contributed by atoms with Crippen molar-refractivity contribution in [2.75, 3.05) is 6.54 Å². The third-order valence-electron chi connectivity index (χ3n) is 2.48. The zero-order valence-corrected chi connectivity index (χ0v) is 10.5. The second-order valence-corrected chi connectivity index (χ2v) is 4.97.